The summed E-state index contributed by atoms with van der Waals surface area (Å²) in [5.74, 6) is 0. The molecule has 0 fully saturated rings. The molecule has 0 aliphatic heterocycles. The van der Waals surface area contributed by atoms with E-state index in [9.17, 15) is 0 Å². The largest absolute Gasteiger partial charge is 0.304 e. The predicted molar refractivity (Wildman–Crippen MR) is 56.5 cm³/mol. The highest BCUT2D eigenvalue weighted by Crippen LogP contribution is 2.24. The van der Waals surface area contributed by atoms with E-state index >= 15 is 0 Å². The van der Waals surface area contributed by atoms with Crippen LogP contribution in [0.5, 0.6) is 0 Å². The summed E-state index contributed by atoms with van der Waals surface area (Å²) >= 11 is 0. The third-order valence-electron chi connectivity index (χ3n) is 2.96. The first-order valence-corrected chi connectivity index (χ1v) is 5.28. The highest BCUT2D eigenvalue weighted by molar-refractivity contribution is 4.68. The third kappa shape index (κ3) is 4.76. The van der Waals surface area contributed by atoms with E-state index in [1.165, 1.54) is 32.5 Å². The first-order chi connectivity index (χ1) is 5.55. The van der Waals surface area contributed by atoms with E-state index in [0.29, 0.717) is 5.41 Å². The van der Waals surface area contributed by atoms with Crippen LogP contribution >= 0.6 is 0 Å². The van der Waals surface area contributed by atoms with Gasteiger partial charge in [0.05, 0.1) is 0 Å². The van der Waals surface area contributed by atoms with Gasteiger partial charge in [-0.3, -0.25) is 0 Å². The van der Waals surface area contributed by atoms with Crippen molar-refractivity contribution in [1.82, 2.24) is 4.90 Å². The van der Waals surface area contributed by atoms with Crippen LogP contribution in [0.15, 0.2) is 0 Å². The molecule has 0 aliphatic carbocycles. The van der Waals surface area contributed by atoms with Gasteiger partial charge in [-0.15, -0.1) is 0 Å². The van der Waals surface area contributed by atoms with E-state index in [2.05, 4.69) is 39.5 Å². The van der Waals surface area contributed by atoms with Crippen LogP contribution in [0, 0.1) is 5.41 Å². The second-order valence-electron chi connectivity index (χ2n) is 4.29. The van der Waals surface area contributed by atoms with Crippen LogP contribution in [0.25, 0.3) is 0 Å². The fourth-order valence-electron chi connectivity index (χ4n) is 1.18. The lowest BCUT2D eigenvalue weighted by Crippen LogP contribution is -2.27. The Morgan fingerprint density at radius 2 is 1.50 bits per heavy atom. The maximum absolute atomic E-state index is 2.50. The quantitative estimate of drug-likeness (QED) is 0.593. The van der Waals surface area contributed by atoms with Gasteiger partial charge in [-0.2, -0.15) is 0 Å². The highest BCUT2D eigenvalue weighted by Gasteiger charge is 2.15. The minimum atomic E-state index is 0.530. The Labute approximate surface area is 78.1 Å². The van der Waals surface area contributed by atoms with Crippen molar-refractivity contribution in [2.24, 2.45) is 5.41 Å². The average Bonchev–Trinajstić information content (AvgIpc) is 2.06. The number of nitrogens with zero attached hydrogens (tertiary/aromatic N) is 1. The molecule has 0 atom stereocenters. The smallest absolute Gasteiger partial charge is 0.00139 e. The molecule has 1 nitrogen and oxygen atoms in total. The van der Waals surface area contributed by atoms with Crippen molar-refractivity contribution >= 4 is 0 Å². The Hall–Kier alpha value is -0.0400. The van der Waals surface area contributed by atoms with Crippen molar-refractivity contribution in [2.75, 3.05) is 19.6 Å². The van der Waals surface area contributed by atoms with Crippen molar-refractivity contribution in [3.05, 3.63) is 0 Å². The highest BCUT2D eigenvalue weighted by atomic mass is 15.1. The molecule has 12 heavy (non-hydrogen) atoms. The third-order valence-corrected chi connectivity index (χ3v) is 2.96. The van der Waals surface area contributed by atoms with Crippen LogP contribution in [-0.2, 0) is 0 Å². The molecule has 0 aliphatic rings. The van der Waals surface area contributed by atoms with Gasteiger partial charge in [-0.25, -0.2) is 0 Å². The molecule has 0 amide bonds. The van der Waals surface area contributed by atoms with Gasteiger partial charge >= 0.3 is 0 Å². The van der Waals surface area contributed by atoms with Crippen molar-refractivity contribution in [2.45, 2.75) is 47.5 Å². The zero-order valence-corrected chi connectivity index (χ0v) is 9.48. The van der Waals surface area contributed by atoms with Gasteiger partial charge in [0.15, 0.2) is 0 Å². The normalized spacial score (nSPS) is 12.5. The van der Waals surface area contributed by atoms with Crippen molar-refractivity contribution in [3.8, 4) is 0 Å². The molecule has 74 valence electrons. The van der Waals surface area contributed by atoms with Crippen LogP contribution in [0.2, 0.25) is 0 Å². The average molecular weight is 171 g/mol. The van der Waals surface area contributed by atoms with Gasteiger partial charge < -0.3 is 4.90 Å². The summed E-state index contributed by atoms with van der Waals surface area (Å²) in [6, 6.07) is 0. The molecule has 0 saturated carbocycles. The molecule has 0 aromatic rings. The molecule has 0 aromatic heterocycles. The molecular formula is C11H25N. The lowest BCUT2D eigenvalue weighted by molar-refractivity contribution is 0.228. The van der Waals surface area contributed by atoms with E-state index in [-0.39, 0.29) is 0 Å². The molecule has 0 rings (SSSR count). The summed E-state index contributed by atoms with van der Waals surface area (Å²) in [7, 11) is 0. The Bertz CT molecular complexity index is 104. The first kappa shape index (κ1) is 12.0. The Balaban J connectivity index is 3.65. The van der Waals surface area contributed by atoms with Crippen molar-refractivity contribution < 1.29 is 0 Å². The summed E-state index contributed by atoms with van der Waals surface area (Å²) in [4.78, 5) is 2.50. The maximum Gasteiger partial charge on any atom is -0.00139 e. The van der Waals surface area contributed by atoms with E-state index in [4.69, 9.17) is 0 Å². The minimum absolute atomic E-state index is 0.530. The Morgan fingerprint density at radius 1 is 1.00 bits per heavy atom. The van der Waals surface area contributed by atoms with Gasteiger partial charge in [0, 0.05) is 0 Å². The first-order valence-electron chi connectivity index (χ1n) is 5.28. The standard InChI is InChI=1S/C11H25N/c1-6-11(4,5)9-10-12(7-2)8-3/h6-10H2,1-5H3. The number of rotatable bonds is 6. The van der Waals surface area contributed by atoms with Gasteiger partial charge in [0.25, 0.3) is 0 Å². The van der Waals surface area contributed by atoms with E-state index < -0.39 is 0 Å². The van der Waals surface area contributed by atoms with E-state index in [1.807, 2.05) is 0 Å². The minimum Gasteiger partial charge on any atom is -0.304 e. The summed E-state index contributed by atoms with van der Waals surface area (Å²) < 4.78 is 0. The monoisotopic (exact) mass is 171 g/mol. The van der Waals surface area contributed by atoms with Crippen LogP contribution in [0.3, 0.4) is 0 Å². The summed E-state index contributed by atoms with van der Waals surface area (Å²) in [5.41, 5.74) is 0.530. The van der Waals surface area contributed by atoms with Crippen molar-refractivity contribution in [1.29, 1.82) is 0 Å². The zero-order valence-electron chi connectivity index (χ0n) is 9.48. The van der Waals surface area contributed by atoms with Gasteiger partial charge in [0.2, 0.25) is 0 Å². The topological polar surface area (TPSA) is 3.24 Å². The fourth-order valence-corrected chi connectivity index (χ4v) is 1.18. The van der Waals surface area contributed by atoms with Crippen LogP contribution in [0.4, 0.5) is 0 Å². The van der Waals surface area contributed by atoms with E-state index in [0.717, 1.165) is 0 Å². The molecule has 1 heteroatoms. The van der Waals surface area contributed by atoms with Crippen LogP contribution < -0.4 is 0 Å². The summed E-state index contributed by atoms with van der Waals surface area (Å²) in [5, 5.41) is 0. The van der Waals surface area contributed by atoms with Crippen LogP contribution in [-0.4, -0.2) is 24.5 Å². The van der Waals surface area contributed by atoms with Crippen molar-refractivity contribution in [3.63, 3.8) is 0 Å². The molecule has 0 unspecified atom stereocenters. The molecule has 0 N–H and O–H groups in total. The molecule has 0 bridgehead atoms. The van der Waals surface area contributed by atoms with Gasteiger partial charge in [-0.1, -0.05) is 41.0 Å². The SMILES string of the molecule is CCN(CC)CCC(C)(C)CC. The summed E-state index contributed by atoms with van der Waals surface area (Å²) in [6.07, 6.45) is 2.61. The molecule has 0 heterocycles. The lowest BCUT2D eigenvalue weighted by Gasteiger charge is -2.26. The zero-order chi connectivity index (χ0) is 9.61. The lowest BCUT2D eigenvalue weighted by atomic mass is 9.86. The summed E-state index contributed by atoms with van der Waals surface area (Å²) in [6.45, 7) is 15.1. The van der Waals surface area contributed by atoms with E-state index in [1.54, 1.807) is 0 Å². The van der Waals surface area contributed by atoms with Crippen LogP contribution in [0.1, 0.15) is 47.5 Å². The molecular weight excluding hydrogens is 146 g/mol. The Morgan fingerprint density at radius 3 is 1.83 bits per heavy atom. The maximum atomic E-state index is 2.50. The predicted octanol–water partition coefficient (Wildman–Crippen LogP) is 3.15. The van der Waals surface area contributed by atoms with Gasteiger partial charge in [0.1, 0.15) is 0 Å². The molecule has 0 radical (unpaired) electrons. The number of hydrogen-bond acceptors (Lipinski definition) is 1. The molecule has 0 aromatic carbocycles. The number of hydrogen-bond donors (Lipinski definition) is 0. The second-order valence-corrected chi connectivity index (χ2v) is 4.29. The Kier molecular flexibility index (Phi) is 5.56. The second kappa shape index (κ2) is 5.58. The molecule has 0 saturated heterocycles. The fraction of sp³-hybridized carbons (Fsp3) is 1.00. The van der Waals surface area contributed by atoms with Gasteiger partial charge in [-0.05, 0) is 31.5 Å². The molecule has 0 spiro atoms.